The van der Waals surface area contributed by atoms with E-state index in [2.05, 4.69) is 199 Å². The zero-order valence-corrected chi connectivity index (χ0v) is 29.8. The van der Waals surface area contributed by atoms with E-state index in [1.807, 2.05) is 6.07 Å². The number of fused-ring (bicyclic) bond motifs is 8. The molecule has 11 aromatic rings. The number of nitrogens with zero attached hydrogens (tertiary/aromatic N) is 1. The summed E-state index contributed by atoms with van der Waals surface area (Å²) in [5.74, 6) is 0. The van der Waals surface area contributed by atoms with Gasteiger partial charge in [-0.25, -0.2) is 0 Å². The van der Waals surface area contributed by atoms with Gasteiger partial charge in [0, 0.05) is 38.5 Å². The van der Waals surface area contributed by atoms with Gasteiger partial charge in [-0.15, -0.1) is 0 Å². The third-order valence-corrected chi connectivity index (χ3v) is 10.9. The summed E-state index contributed by atoms with van der Waals surface area (Å²) in [6, 6.07) is 70.8. The van der Waals surface area contributed by atoms with E-state index in [1.165, 1.54) is 11.1 Å². The predicted molar refractivity (Wildman–Crippen MR) is 229 cm³/mol. The van der Waals surface area contributed by atoms with E-state index in [0.717, 1.165) is 94.0 Å². The maximum absolute atomic E-state index is 6.64. The van der Waals surface area contributed by atoms with E-state index >= 15 is 0 Å². The van der Waals surface area contributed by atoms with Crippen LogP contribution < -0.4 is 4.90 Å². The quantitative estimate of drug-likeness (QED) is 0.173. The Labute approximate surface area is 317 Å². The highest BCUT2D eigenvalue weighted by Crippen LogP contribution is 2.45. The van der Waals surface area contributed by atoms with Crippen molar-refractivity contribution in [2.24, 2.45) is 0 Å². The monoisotopic (exact) mass is 703 g/mol. The van der Waals surface area contributed by atoms with Crippen LogP contribution in [-0.2, 0) is 0 Å². The molecular weight excluding hydrogens is 671 g/mol. The molecule has 0 aliphatic heterocycles. The van der Waals surface area contributed by atoms with Crippen LogP contribution in [0.25, 0.3) is 88.0 Å². The van der Waals surface area contributed by atoms with Crippen molar-refractivity contribution in [3.05, 3.63) is 200 Å². The normalized spacial score (nSPS) is 11.6. The fourth-order valence-electron chi connectivity index (χ4n) is 8.21. The first-order valence-corrected chi connectivity index (χ1v) is 18.7. The number of rotatable bonds is 6. The van der Waals surface area contributed by atoms with Crippen molar-refractivity contribution in [2.45, 2.75) is 0 Å². The molecule has 9 aromatic carbocycles. The summed E-state index contributed by atoms with van der Waals surface area (Å²) >= 11 is 0. The minimum absolute atomic E-state index is 0.863. The average Bonchev–Trinajstić information content (AvgIpc) is 3.84. The summed E-state index contributed by atoms with van der Waals surface area (Å²) in [5, 5.41) is 6.70. The number of para-hydroxylation sites is 1. The Kier molecular flexibility index (Phi) is 7.17. The van der Waals surface area contributed by atoms with Gasteiger partial charge in [0.1, 0.15) is 22.3 Å². The Bertz CT molecular complexity index is 3180. The molecular formula is C52H33NO2. The topological polar surface area (TPSA) is 29.5 Å². The lowest BCUT2D eigenvalue weighted by atomic mass is 9.99. The van der Waals surface area contributed by atoms with Crippen molar-refractivity contribution in [3.8, 4) is 33.4 Å². The summed E-state index contributed by atoms with van der Waals surface area (Å²) in [5.41, 5.74) is 13.7. The molecule has 3 heteroatoms. The second-order valence-electron chi connectivity index (χ2n) is 14.1. The first-order valence-electron chi connectivity index (χ1n) is 18.7. The van der Waals surface area contributed by atoms with Gasteiger partial charge in [0.15, 0.2) is 0 Å². The van der Waals surface area contributed by atoms with E-state index in [9.17, 15) is 0 Å². The Balaban J connectivity index is 1.04. The fraction of sp³-hybridized carbons (Fsp3) is 0. The summed E-state index contributed by atoms with van der Waals surface area (Å²) < 4.78 is 13.1. The Morgan fingerprint density at radius 1 is 0.327 bits per heavy atom. The van der Waals surface area contributed by atoms with E-state index in [4.69, 9.17) is 8.83 Å². The largest absolute Gasteiger partial charge is 0.455 e. The van der Waals surface area contributed by atoms with Gasteiger partial charge in [-0.05, 0) is 87.8 Å². The molecule has 11 rings (SSSR count). The SMILES string of the molecule is c1ccc(-c2ccc(N(c3ccc(-c4ccc5oc6c(-c7ccccc7)cccc6c5c4)cc3)c3cccc4oc5c6ccccc6ccc5c34)cc2)cc1. The third kappa shape index (κ3) is 5.20. The molecule has 0 aliphatic carbocycles. The molecule has 2 aromatic heterocycles. The van der Waals surface area contributed by atoms with Crippen LogP contribution in [0, 0.1) is 0 Å². The average molecular weight is 704 g/mol. The van der Waals surface area contributed by atoms with E-state index in [1.54, 1.807) is 0 Å². The molecule has 0 radical (unpaired) electrons. The minimum Gasteiger partial charge on any atom is -0.455 e. The Morgan fingerprint density at radius 2 is 0.927 bits per heavy atom. The zero-order chi connectivity index (χ0) is 36.3. The van der Waals surface area contributed by atoms with Gasteiger partial charge in [0.05, 0.1) is 11.1 Å². The van der Waals surface area contributed by atoms with Crippen LogP contribution in [0.5, 0.6) is 0 Å². The van der Waals surface area contributed by atoms with Gasteiger partial charge in [-0.3, -0.25) is 0 Å². The summed E-state index contributed by atoms with van der Waals surface area (Å²) in [7, 11) is 0. The lowest BCUT2D eigenvalue weighted by Crippen LogP contribution is -2.10. The van der Waals surface area contributed by atoms with Gasteiger partial charge < -0.3 is 13.7 Å². The summed E-state index contributed by atoms with van der Waals surface area (Å²) in [6.07, 6.45) is 0. The van der Waals surface area contributed by atoms with Crippen LogP contribution in [0.3, 0.4) is 0 Å². The third-order valence-electron chi connectivity index (χ3n) is 10.9. The van der Waals surface area contributed by atoms with Crippen LogP contribution in [-0.4, -0.2) is 0 Å². The zero-order valence-electron chi connectivity index (χ0n) is 29.8. The van der Waals surface area contributed by atoms with Gasteiger partial charge in [-0.1, -0.05) is 146 Å². The van der Waals surface area contributed by atoms with Crippen molar-refractivity contribution in [3.63, 3.8) is 0 Å². The number of anilines is 3. The summed E-state index contributed by atoms with van der Waals surface area (Å²) in [6.45, 7) is 0. The molecule has 2 heterocycles. The molecule has 0 spiro atoms. The molecule has 0 saturated carbocycles. The molecule has 0 unspecified atom stereocenters. The highest BCUT2D eigenvalue weighted by atomic mass is 16.3. The second-order valence-corrected chi connectivity index (χ2v) is 14.1. The first kappa shape index (κ1) is 31.2. The maximum atomic E-state index is 6.64. The first-order chi connectivity index (χ1) is 27.3. The molecule has 0 fully saturated rings. The van der Waals surface area contributed by atoms with Gasteiger partial charge in [0.2, 0.25) is 0 Å². The predicted octanol–water partition coefficient (Wildman–Crippen LogP) is 15.1. The lowest BCUT2D eigenvalue weighted by molar-refractivity contribution is 0.670. The van der Waals surface area contributed by atoms with Gasteiger partial charge in [-0.2, -0.15) is 0 Å². The molecule has 3 nitrogen and oxygen atoms in total. The van der Waals surface area contributed by atoms with Gasteiger partial charge >= 0.3 is 0 Å². The number of hydrogen-bond acceptors (Lipinski definition) is 3. The molecule has 55 heavy (non-hydrogen) atoms. The van der Waals surface area contributed by atoms with Crippen LogP contribution >= 0.6 is 0 Å². The maximum Gasteiger partial charge on any atom is 0.143 e. The van der Waals surface area contributed by atoms with Crippen LogP contribution in [0.1, 0.15) is 0 Å². The van der Waals surface area contributed by atoms with E-state index in [0.29, 0.717) is 0 Å². The molecule has 0 amide bonds. The smallest absolute Gasteiger partial charge is 0.143 e. The van der Waals surface area contributed by atoms with Crippen molar-refractivity contribution < 1.29 is 8.83 Å². The highest BCUT2D eigenvalue weighted by Gasteiger charge is 2.21. The van der Waals surface area contributed by atoms with E-state index in [-0.39, 0.29) is 0 Å². The molecule has 0 bridgehead atoms. The molecule has 0 atom stereocenters. The van der Waals surface area contributed by atoms with Crippen LogP contribution in [0.2, 0.25) is 0 Å². The Morgan fingerprint density at radius 3 is 1.69 bits per heavy atom. The van der Waals surface area contributed by atoms with Crippen LogP contribution in [0.15, 0.2) is 209 Å². The number of hydrogen-bond donors (Lipinski definition) is 0. The number of furan rings is 2. The van der Waals surface area contributed by atoms with Crippen LogP contribution in [0.4, 0.5) is 17.1 Å². The number of benzene rings is 9. The van der Waals surface area contributed by atoms with E-state index < -0.39 is 0 Å². The van der Waals surface area contributed by atoms with Crippen molar-refractivity contribution in [2.75, 3.05) is 4.90 Å². The molecule has 258 valence electrons. The Hall–Kier alpha value is -7.36. The minimum atomic E-state index is 0.863. The molecule has 0 saturated heterocycles. The molecule has 0 N–H and O–H groups in total. The van der Waals surface area contributed by atoms with Crippen molar-refractivity contribution in [1.82, 2.24) is 0 Å². The second kappa shape index (κ2) is 12.6. The fourth-order valence-corrected chi connectivity index (χ4v) is 8.21. The lowest BCUT2D eigenvalue weighted by Gasteiger charge is -2.26. The highest BCUT2D eigenvalue weighted by molar-refractivity contribution is 6.19. The van der Waals surface area contributed by atoms with Crippen molar-refractivity contribution in [1.29, 1.82) is 0 Å². The van der Waals surface area contributed by atoms with Gasteiger partial charge in [0.25, 0.3) is 0 Å². The summed E-state index contributed by atoms with van der Waals surface area (Å²) in [4.78, 5) is 2.35. The molecule has 0 aliphatic rings. The van der Waals surface area contributed by atoms with Crippen molar-refractivity contribution >= 4 is 71.7 Å². The standard InChI is InChI=1S/C52H33NO2/c1-3-11-34(12-4-1)35-21-27-40(28-22-35)53(47-19-10-20-49-50(47)45-31-25-38-15-7-8-16-42(38)52(45)55-49)41-29-23-36(24-30-41)39-26-32-48-46(33-39)44-18-9-17-43(51(44)54-48)37-13-5-2-6-14-37/h1-33H.